The van der Waals surface area contributed by atoms with Crippen LogP contribution in [0.1, 0.15) is 41.0 Å². The Bertz CT molecular complexity index is 679. The maximum absolute atomic E-state index is 13.1. The van der Waals surface area contributed by atoms with Crippen molar-refractivity contribution in [1.29, 1.82) is 0 Å². The molecule has 9 nitrogen and oxygen atoms in total. The van der Waals surface area contributed by atoms with E-state index in [1.54, 1.807) is 34.6 Å². The fraction of sp³-hybridized carbons (Fsp3) is 0.778. The third kappa shape index (κ3) is 3.07. The van der Waals surface area contributed by atoms with Gasteiger partial charge in [-0.15, -0.1) is 0 Å². The second kappa shape index (κ2) is 6.25. The molecule has 27 heavy (non-hydrogen) atoms. The van der Waals surface area contributed by atoms with Crippen LogP contribution in [0.2, 0.25) is 0 Å². The zero-order valence-electron chi connectivity index (χ0n) is 16.4. The van der Waals surface area contributed by atoms with Gasteiger partial charge < -0.3 is 34.7 Å². The molecule has 4 rings (SSSR count). The minimum absolute atomic E-state index is 0.0236. The lowest BCUT2D eigenvalue weighted by Crippen LogP contribution is -2.83. The van der Waals surface area contributed by atoms with Crippen molar-refractivity contribution in [2.24, 2.45) is 0 Å². The highest BCUT2D eigenvalue weighted by atomic mass is 16.8. The summed E-state index contributed by atoms with van der Waals surface area (Å²) in [6, 6.07) is 0. The number of hydrogen-bond donors (Lipinski definition) is 3. The van der Waals surface area contributed by atoms with E-state index < -0.39 is 40.8 Å². The van der Waals surface area contributed by atoms with Crippen molar-refractivity contribution in [3.8, 4) is 0 Å². The van der Waals surface area contributed by atoms with Gasteiger partial charge in [-0.25, -0.2) is 0 Å². The predicted molar refractivity (Wildman–Crippen MR) is 93.2 cm³/mol. The average Bonchev–Trinajstić information content (AvgIpc) is 2.84. The van der Waals surface area contributed by atoms with Gasteiger partial charge in [0.05, 0.1) is 19.3 Å². The molecule has 4 heterocycles. The molecule has 0 radical (unpaired) electrons. The number of aliphatic hydroxyl groups is 1. The van der Waals surface area contributed by atoms with Crippen LogP contribution in [-0.2, 0) is 28.5 Å². The van der Waals surface area contributed by atoms with Crippen LogP contribution >= 0.6 is 0 Å². The minimum Gasteiger partial charge on any atom is -0.384 e. The molecule has 9 heteroatoms. The number of amides is 2. The van der Waals surface area contributed by atoms with Crippen molar-refractivity contribution in [3.05, 3.63) is 12.2 Å². The summed E-state index contributed by atoms with van der Waals surface area (Å²) < 4.78 is 22.9. The summed E-state index contributed by atoms with van der Waals surface area (Å²) in [5, 5.41) is 16.2. The Kier molecular flexibility index (Phi) is 4.68. The number of nitrogens with one attached hydrogen (secondary N) is 2. The molecule has 0 aromatic heterocycles. The van der Waals surface area contributed by atoms with Crippen LogP contribution in [0, 0.1) is 0 Å². The Morgan fingerprint density at radius 2 is 1.81 bits per heavy atom. The van der Waals surface area contributed by atoms with Crippen molar-refractivity contribution < 1.29 is 33.6 Å². The zero-order chi connectivity index (χ0) is 20.3. The second-order valence-electron chi connectivity index (χ2n) is 8.20. The molecular weight excluding hydrogens is 356 g/mol. The highest BCUT2D eigenvalue weighted by molar-refractivity contribution is 6.03. The van der Waals surface area contributed by atoms with E-state index in [-0.39, 0.29) is 25.7 Å². The summed E-state index contributed by atoms with van der Waals surface area (Å²) in [6.45, 7) is 12.5. The van der Waals surface area contributed by atoms with Crippen LogP contribution in [0.4, 0.5) is 0 Å². The van der Waals surface area contributed by atoms with Crippen LogP contribution in [0.15, 0.2) is 12.2 Å². The number of carbonyl (C=O) groups is 2. The van der Waals surface area contributed by atoms with E-state index in [4.69, 9.17) is 18.9 Å². The lowest BCUT2D eigenvalue weighted by atomic mass is 9.85. The molecule has 0 aromatic carbocycles. The van der Waals surface area contributed by atoms with Crippen molar-refractivity contribution in [1.82, 2.24) is 10.6 Å². The quantitative estimate of drug-likeness (QED) is 0.581. The first kappa shape index (κ1) is 20.2. The largest absolute Gasteiger partial charge is 0.384 e. The number of carbonyl (C=O) groups excluding carboxylic acids is 2. The van der Waals surface area contributed by atoms with Gasteiger partial charge >= 0.3 is 0 Å². The highest BCUT2D eigenvalue weighted by Gasteiger charge is 2.66. The molecule has 0 spiro atoms. The van der Waals surface area contributed by atoms with E-state index in [9.17, 15) is 14.7 Å². The van der Waals surface area contributed by atoms with Crippen LogP contribution in [0.5, 0.6) is 0 Å². The fourth-order valence-electron chi connectivity index (χ4n) is 3.78. The van der Waals surface area contributed by atoms with E-state index in [0.29, 0.717) is 5.57 Å². The van der Waals surface area contributed by atoms with Gasteiger partial charge in [-0.1, -0.05) is 6.58 Å². The number of piperazine rings is 1. The first-order chi connectivity index (χ1) is 12.4. The normalized spacial score (nSPS) is 39.7. The minimum atomic E-state index is -2.03. The Morgan fingerprint density at radius 1 is 1.15 bits per heavy atom. The molecule has 0 aromatic rings. The van der Waals surface area contributed by atoms with Gasteiger partial charge in [-0.2, -0.15) is 0 Å². The molecular formula is C18H28N2O7. The number of hydrogen-bond acceptors (Lipinski definition) is 7. The summed E-state index contributed by atoms with van der Waals surface area (Å²) in [6.07, 6.45) is -1.61. The Morgan fingerprint density at radius 3 is 2.37 bits per heavy atom. The van der Waals surface area contributed by atoms with E-state index in [1.807, 2.05) is 0 Å². The molecule has 2 bridgehead atoms. The van der Waals surface area contributed by atoms with Gasteiger partial charge in [0.15, 0.2) is 5.79 Å². The monoisotopic (exact) mass is 384 g/mol. The van der Waals surface area contributed by atoms with Crippen LogP contribution in [0.25, 0.3) is 0 Å². The van der Waals surface area contributed by atoms with E-state index in [1.165, 1.54) is 0 Å². The first-order valence-corrected chi connectivity index (χ1v) is 9.04. The van der Waals surface area contributed by atoms with Gasteiger partial charge in [0.1, 0.15) is 11.7 Å². The topological polar surface area (TPSA) is 115 Å². The van der Waals surface area contributed by atoms with Crippen molar-refractivity contribution >= 4 is 11.8 Å². The van der Waals surface area contributed by atoms with Crippen LogP contribution < -0.4 is 10.6 Å². The predicted octanol–water partition coefficient (Wildman–Crippen LogP) is -0.0710. The van der Waals surface area contributed by atoms with Gasteiger partial charge in [-0.05, 0) is 46.6 Å². The summed E-state index contributed by atoms with van der Waals surface area (Å²) in [4.78, 5) is 26.1. The molecule has 0 aliphatic carbocycles. The number of rotatable bonds is 4. The van der Waals surface area contributed by atoms with E-state index >= 15 is 0 Å². The summed E-state index contributed by atoms with van der Waals surface area (Å²) >= 11 is 0. The number of aliphatic hydroxyl groups excluding tert-OH is 1. The van der Waals surface area contributed by atoms with Crippen LogP contribution in [0.3, 0.4) is 0 Å². The first-order valence-electron chi connectivity index (χ1n) is 9.04. The molecule has 2 amide bonds. The van der Waals surface area contributed by atoms with Crippen LogP contribution in [-0.4, -0.2) is 65.2 Å². The average molecular weight is 384 g/mol. The Hall–Kier alpha value is -1.52. The molecule has 3 N–H and O–H groups in total. The van der Waals surface area contributed by atoms with Crippen molar-refractivity contribution in [2.75, 3.05) is 13.2 Å². The molecule has 0 saturated carbocycles. The smallest absolute Gasteiger partial charge is 0.280 e. The van der Waals surface area contributed by atoms with Crippen molar-refractivity contribution in [2.45, 2.75) is 76.1 Å². The molecule has 4 aliphatic rings. The maximum Gasteiger partial charge on any atom is 0.280 e. The van der Waals surface area contributed by atoms with Gasteiger partial charge in [-0.3, -0.25) is 9.59 Å². The van der Waals surface area contributed by atoms with Crippen molar-refractivity contribution in [3.63, 3.8) is 0 Å². The van der Waals surface area contributed by atoms with Gasteiger partial charge in [0.2, 0.25) is 5.72 Å². The number of fused-ring (bicyclic) bond motifs is 5. The SMILES string of the molecule is C=C1CCO[C@]2([C@@H](O)[C@]3(C)COC(C)(C)O3)NC(=O)[C@@]1(OC(C)C)NC2=O. The summed E-state index contributed by atoms with van der Waals surface area (Å²) in [5.41, 5.74) is -4.63. The lowest BCUT2D eigenvalue weighted by Gasteiger charge is -2.51. The van der Waals surface area contributed by atoms with Gasteiger partial charge in [0.25, 0.3) is 17.5 Å². The van der Waals surface area contributed by atoms with E-state index in [0.717, 1.165) is 0 Å². The second-order valence-corrected chi connectivity index (χ2v) is 8.20. The molecule has 152 valence electrons. The molecule has 4 aliphatic heterocycles. The Balaban J connectivity index is 1.99. The summed E-state index contributed by atoms with van der Waals surface area (Å²) in [7, 11) is 0. The highest BCUT2D eigenvalue weighted by Crippen LogP contribution is 2.40. The zero-order valence-corrected chi connectivity index (χ0v) is 16.4. The molecule has 4 fully saturated rings. The maximum atomic E-state index is 13.1. The molecule has 4 atom stereocenters. The fourth-order valence-corrected chi connectivity index (χ4v) is 3.78. The van der Waals surface area contributed by atoms with Gasteiger partial charge in [0, 0.05) is 0 Å². The molecule has 4 saturated heterocycles. The number of ether oxygens (including phenoxy) is 4. The summed E-state index contributed by atoms with van der Waals surface area (Å²) in [5.74, 6) is -2.32. The molecule has 0 unspecified atom stereocenters. The van der Waals surface area contributed by atoms with E-state index in [2.05, 4.69) is 17.2 Å². The standard InChI is InChI=1S/C18H28N2O7/c1-10(2)26-17-11(3)7-8-24-18(14(23)19-17,20-13(17)22)12(21)16(6)9-25-15(4,5)27-16/h10,12,21H,3,7-9H2,1-2,4-6H3,(H,19,23)(H,20,22)/t12-,16-,17+,18-/m0/s1. The lowest BCUT2D eigenvalue weighted by molar-refractivity contribution is -0.243. The third-order valence-electron chi connectivity index (χ3n) is 5.04. The third-order valence-corrected chi connectivity index (χ3v) is 5.04. The Labute approximate surface area is 158 Å².